The van der Waals surface area contributed by atoms with Crippen molar-refractivity contribution < 1.29 is 149 Å². The first-order valence-electron chi connectivity index (χ1n) is 28.4. The minimum atomic E-state index is -4.18. The van der Waals surface area contributed by atoms with Crippen LogP contribution in [0.2, 0.25) is 20.1 Å². The molecule has 37 heteroatoms. The molecule has 544 valence electrons. The number of anilines is 2. The van der Waals surface area contributed by atoms with Crippen molar-refractivity contribution in [2.45, 2.75) is 9.79 Å². The molecule has 0 radical (unpaired) electrons. The number of methoxy groups -OCH3 is 4. The van der Waals surface area contributed by atoms with E-state index in [1.807, 2.05) is 12.1 Å². The summed E-state index contributed by atoms with van der Waals surface area (Å²) in [5, 5.41) is 39.4. The quantitative estimate of drug-likeness (QED) is 0.0115. The first-order chi connectivity index (χ1) is 48.5. The van der Waals surface area contributed by atoms with Gasteiger partial charge in [0, 0.05) is 65.3 Å². The van der Waals surface area contributed by atoms with E-state index in [1.54, 1.807) is 109 Å². The summed E-state index contributed by atoms with van der Waals surface area (Å²) in [6, 6.07) is 50.5. The maximum atomic E-state index is 14.7. The molecule has 0 saturated carbocycles. The Morgan fingerprint density at radius 1 is 0.476 bits per heavy atom. The van der Waals surface area contributed by atoms with Gasteiger partial charge in [-0.15, -0.1) is 0 Å². The number of nitrogens with zero attached hydrogens (tertiary/aromatic N) is 2. The van der Waals surface area contributed by atoms with Gasteiger partial charge in [0.15, 0.2) is 0 Å². The van der Waals surface area contributed by atoms with E-state index in [2.05, 4.69) is 39.6 Å². The molecule has 0 atom stereocenters. The normalized spacial score (nSPS) is 10.2. The number of hydrogen-bond donors (Lipinski definition) is 4. The fourth-order valence-corrected chi connectivity index (χ4v) is 12.0. The summed E-state index contributed by atoms with van der Waals surface area (Å²) in [5.74, 6) is -6.14. The van der Waals surface area contributed by atoms with Gasteiger partial charge >= 0.3 is 82.4 Å². The van der Waals surface area contributed by atoms with Gasteiger partial charge in [-0.05, 0) is 111 Å². The molecule has 105 heavy (non-hydrogen) atoms. The third-order valence-corrected chi connectivity index (χ3v) is 17.4. The SMILES string of the molecule is COC(=O)c1cc(F)c(-c2ccccc2)cc1N.COC(=O)c1cc(F)c(-c2ccccc2)cc1NS(=O)(=O)c1cc(Cl)cc(Cl)c1.COC(=O)c1cc(F)c(-c2ccccc2)cc1[N+](=O)[O-].COC(=O)c1cc(F)c(Br)cc1[N+](=O)[O-].O=S(=O)(Cl)c1cc(Cl)cc(Cl)c1.OB(O)c1ccccc1.[K+].[OH-]. The minimum absolute atomic E-state index is 0. The van der Waals surface area contributed by atoms with Gasteiger partial charge < -0.3 is 40.2 Å². The summed E-state index contributed by atoms with van der Waals surface area (Å²) in [5.41, 5.74) is 6.50. The Bertz CT molecular complexity index is 4950. The van der Waals surface area contributed by atoms with Crippen molar-refractivity contribution >= 4 is 151 Å². The zero-order valence-corrected chi connectivity index (χ0v) is 64.8. The summed E-state index contributed by atoms with van der Waals surface area (Å²) in [6.07, 6.45) is 0. The molecule has 0 aliphatic rings. The van der Waals surface area contributed by atoms with Crippen LogP contribution in [-0.4, -0.2) is 102 Å². The molecule has 0 fully saturated rings. The smallest absolute Gasteiger partial charge is 0.870 e. The molecule has 0 aliphatic carbocycles. The molecular formula is C68H52BBrCl5F4KN4O19S2. The topological polar surface area (TPSA) is 368 Å². The molecule has 0 aliphatic heterocycles. The Morgan fingerprint density at radius 3 is 1.15 bits per heavy atom. The Labute approximate surface area is 672 Å². The number of benzene rings is 10. The van der Waals surface area contributed by atoms with Crippen LogP contribution in [0.15, 0.2) is 221 Å². The van der Waals surface area contributed by atoms with Crippen LogP contribution < -0.4 is 67.3 Å². The number of nitrogens with one attached hydrogen (secondary N) is 1. The number of rotatable bonds is 14. The number of nitro groups is 2. The maximum absolute atomic E-state index is 14.7. The Hall–Kier alpha value is -8.39. The number of sulfonamides is 1. The Morgan fingerprint density at radius 2 is 0.790 bits per heavy atom. The number of nitro benzene ring substituents is 2. The van der Waals surface area contributed by atoms with E-state index in [9.17, 15) is 73.8 Å². The molecule has 6 N–H and O–H groups in total. The fourth-order valence-electron chi connectivity index (χ4n) is 8.46. The van der Waals surface area contributed by atoms with Crippen LogP contribution in [0.25, 0.3) is 33.4 Å². The number of hydrogen-bond acceptors (Lipinski definition) is 20. The van der Waals surface area contributed by atoms with Gasteiger partial charge in [0.25, 0.3) is 30.4 Å². The molecule has 0 amide bonds. The second-order valence-electron chi connectivity index (χ2n) is 20.0. The van der Waals surface area contributed by atoms with Crippen molar-refractivity contribution in [3.8, 4) is 33.4 Å². The monoisotopic (exact) mass is 1670 g/mol. The third-order valence-electron chi connectivity index (χ3n) is 13.2. The third kappa shape index (κ3) is 26.9. The molecule has 0 bridgehead atoms. The van der Waals surface area contributed by atoms with E-state index in [1.165, 1.54) is 55.6 Å². The van der Waals surface area contributed by atoms with Crippen molar-refractivity contribution in [1.82, 2.24) is 0 Å². The first kappa shape index (κ1) is 90.8. The molecule has 10 aromatic rings. The van der Waals surface area contributed by atoms with Crippen molar-refractivity contribution in [3.63, 3.8) is 0 Å². The number of carbonyl (C=O) groups excluding carboxylic acids is 4. The molecule has 0 heterocycles. The number of nitrogen functional groups attached to an aromatic ring is 1. The molecule has 0 unspecified atom stereocenters. The minimum Gasteiger partial charge on any atom is -0.870 e. The van der Waals surface area contributed by atoms with E-state index in [0.717, 1.165) is 57.7 Å². The molecule has 0 aromatic heterocycles. The van der Waals surface area contributed by atoms with E-state index < -0.39 is 106 Å². The van der Waals surface area contributed by atoms with Gasteiger partial charge in [0.2, 0.25) is 0 Å². The Kier molecular flexibility index (Phi) is 36.9. The Balaban J connectivity index is 0.000000338. The predicted molar refractivity (Wildman–Crippen MR) is 388 cm³/mol. The zero-order valence-electron chi connectivity index (χ0n) is 54.6. The van der Waals surface area contributed by atoms with Gasteiger partial charge in [-0.25, -0.2) is 53.6 Å². The van der Waals surface area contributed by atoms with Gasteiger partial charge in [0.05, 0.1) is 69.4 Å². The van der Waals surface area contributed by atoms with E-state index >= 15 is 0 Å². The standard InChI is InChI=1S/C20H14Cl2FNO4S.C14H10FNO4.C14H12FNO2.C8H5BrFNO4.C6H7BO2.C6H3Cl3O2S.K.H2O/c1-28-20(25)17-10-18(23)16(12-5-3-2-4-6-12)11-19(17)24-29(26,27)15-8-13(21)7-14(22)9-15;1-20-14(17)11-7-12(15)10(8-13(11)16(18)19)9-5-3-2-4-6-9;1-18-14(17)11-7-12(15)10(8-13(11)16)9-5-3-2-4-6-9;1-15-8(12)4-2-6(10)5(9)3-7(4)11(13)14;8-7(9)6-4-2-1-3-5-6;7-4-1-5(8)3-6(2-4)12(9,10)11;;/h2-11,24H,1H3;2-8H,1H3;2-8H,16H2,1H3;2-3H,1H3;1-5,8-9H;1-3H;;1H2/q;;;;;;+1;/p-1. The molecule has 10 rings (SSSR count). The second-order valence-corrected chi connectivity index (χ2v) is 26.9. The number of halogens is 10. The number of esters is 4. The number of ether oxygens (including phenoxy) is 4. The summed E-state index contributed by atoms with van der Waals surface area (Å²) in [6.45, 7) is 0. The molecular weight excluding hydrogens is 1620 g/mol. The van der Waals surface area contributed by atoms with E-state index in [0.29, 0.717) is 27.7 Å². The first-order valence-corrected chi connectivity index (χ1v) is 34.5. The summed E-state index contributed by atoms with van der Waals surface area (Å²) in [7, 11) is 0.266. The van der Waals surface area contributed by atoms with Crippen LogP contribution in [0.3, 0.4) is 0 Å². The molecule has 0 spiro atoms. The largest absolute Gasteiger partial charge is 1.00 e. The van der Waals surface area contributed by atoms with Crippen molar-refractivity contribution in [2.75, 3.05) is 38.9 Å². The number of carbonyl (C=O) groups is 4. The van der Waals surface area contributed by atoms with Crippen LogP contribution >= 0.6 is 73.0 Å². The van der Waals surface area contributed by atoms with Gasteiger partial charge in [-0.3, -0.25) is 25.0 Å². The maximum Gasteiger partial charge on any atom is 1.00 e. The number of nitrogens with two attached hydrogens (primary N) is 1. The summed E-state index contributed by atoms with van der Waals surface area (Å²) < 4.78 is 123. The van der Waals surface area contributed by atoms with E-state index in [-0.39, 0.29) is 125 Å². The van der Waals surface area contributed by atoms with Gasteiger partial charge in [-0.2, -0.15) is 0 Å². The zero-order chi connectivity index (χ0) is 76.6. The molecule has 0 saturated heterocycles. The van der Waals surface area contributed by atoms with Crippen LogP contribution in [0, 0.1) is 43.5 Å². The summed E-state index contributed by atoms with van der Waals surface area (Å²) in [4.78, 5) is 65.7. The van der Waals surface area contributed by atoms with Crippen LogP contribution in [0.5, 0.6) is 0 Å². The van der Waals surface area contributed by atoms with Crippen molar-refractivity contribution in [1.29, 1.82) is 0 Å². The van der Waals surface area contributed by atoms with Crippen molar-refractivity contribution in [3.05, 3.63) is 297 Å². The predicted octanol–water partition coefficient (Wildman–Crippen LogP) is 12.8. The average molecular weight is 1680 g/mol. The molecule has 23 nitrogen and oxygen atoms in total. The second kappa shape index (κ2) is 42.7. The van der Waals surface area contributed by atoms with Gasteiger partial charge in [0.1, 0.15) is 34.4 Å². The average Bonchev–Trinajstić information content (AvgIpc) is 0.797. The van der Waals surface area contributed by atoms with Crippen LogP contribution in [0.4, 0.5) is 40.3 Å². The molecule has 10 aromatic carbocycles. The fraction of sp³-hybridized carbons (Fsp3) is 0.0588. The van der Waals surface area contributed by atoms with Crippen LogP contribution in [-0.2, 0) is 38.0 Å². The van der Waals surface area contributed by atoms with Gasteiger partial charge in [-0.1, -0.05) is 168 Å². The van der Waals surface area contributed by atoms with Crippen LogP contribution in [0.1, 0.15) is 41.4 Å². The summed E-state index contributed by atoms with van der Waals surface area (Å²) >= 11 is 25.7. The van der Waals surface area contributed by atoms with E-state index in [4.69, 9.17) is 72.9 Å². The van der Waals surface area contributed by atoms with Crippen molar-refractivity contribution in [2.24, 2.45) is 0 Å².